The topological polar surface area (TPSA) is 53.1 Å². The minimum absolute atomic E-state index is 0.216. The molecule has 0 unspecified atom stereocenters. The number of fused-ring (bicyclic) bond motifs is 1. The van der Waals surface area contributed by atoms with Gasteiger partial charge >= 0.3 is 5.97 Å². The SMILES string of the molecule is Cc1c[nH]c2cc(CCCCSCC(=O)O)ccc12. The molecule has 1 heterocycles. The molecule has 0 radical (unpaired) electrons. The first-order chi connectivity index (χ1) is 9.16. The van der Waals surface area contributed by atoms with Gasteiger partial charge in [0.2, 0.25) is 0 Å². The molecule has 1 aromatic carbocycles. The monoisotopic (exact) mass is 277 g/mol. The number of nitrogens with one attached hydrogen (secondary N) is 1. The lowest BCUT2D eigenvalue weighted by molar-refractivity contribution is -0.133. The van der Waals surface area contributed by atoms with E-state index < -0.39 is 5.97 Å². The van der Waals surface area contributed by atoms with Crippen LogP contribution in [0.1, 0.15) is 24.0 Å². The van der Waals surface area contributed by atoms with E-state index in [2.05, 4.69) is 30.1 Å². The van der Waals surface area contributed by atoms with Crippen LogP contribution in [0, 0.1) is 6.92 Å². The summed E-state index contributed by atoms with van der Waals surface area (Å²) in [4.78, 5) is 13.6. The molecule has 0 saturated heterocycles. The Morgan fingerprint density at radius 3 is 3.00 bits per heavy atom. The van der Waals surface area contributed by atoms with Crippen molar-refractivity contribution in [3.05, 3.63) is 35.5 Å². The summed E-state index contributed by atoms with van der Waals surface area (Å²) in [5, 5.41) is 9.82. The van der Waals surface area contributed by atoms with Gasteiger partial charge in [-0.3, -0.25) is 4.79 Å². The molecule has 102 valence electrons. The first-order valence-electron chi connectivity index (χ1n) is 6.53. The van der Waals surface area contributed by atoms with Gasteiger partial charge in [0.15, 0.2) is 0 Å². The summed E-state index contributed by atoms with van der Waals surface area (Å²) in [7, 11) is 0. The van der Waals surface area contributed by atoms with Gasteiger partial charge in [0.05, 0.1) is 5.75 Å². The zero-order valence-electron chi connectivity index (χ0n) is 11.1. The van der Waals surface area contributed by atoms with E-state index >= 15 is 0 Å². The standard InChI is InChI=1S/C15H19NO2S/c1-11-9-16-14-8-12(5-6-13(11)14)4-2-3-7-19-10-15(17)18/h5-6,8-9,16H,2-4,7,10H2,1H3,(H,17,18). The molecule has 0 fully saturated rings. The number of aryl methyl sites for hydroxylation is 2. The number of aromatic nitrogens is 1. The van der Waals surface area contributed by atoms with Crippen LogP contribution in [0.3, 0.4) is 0 Å². The molecule has 3 nitrogen and oxygen atoms in total. The Morgan fingerprint density at radius 1 is 1.37 bits per heavy atom. The Hall–Kier alpha value is -1.42. The number of carboxylic acids is 1. The maximum Gasteiger partial charge on any atom is 0.313 e. The molecule has 0 amide bonds. The number of carboxylic acid groups (broad SMARTS) is 1. The smallest absolute Gasteiger partial charge is 0.313 e. The molecule has 0 atom stereocenters. The number of carbonyl (C=O) groups is 1. The zero-order chi connectivity index (χ0) is 13.7. The Morgan fingerprint density at radius 2 is 2.21 bits per heavy atom. The molecule has 0 spiro atoms. The third-order valence-electron chi connectivity index (χ3n) is 3.18. The van der Waals surface area contributed by atoms with E-state index in [-0.39, 0.29) is 5.75 Å². The van der Waals surface area contributed by atoms with Gasteiger partial charge in [0.25, 0.3) is 0 Å². The lowest BCUT2D eigenvalue weighted by atomic mass is 10.1. The number of hydrogen-bond donors (Lipinski definition) is 2. The van der Waals surface area contributed by atoms with E-state index in [1.807, 2.05) is 6.20 Å². The number of aromatic amines is 1. The highest BCUT2D eigenvalue weighted by molar-refractivity contribution is 7.99. The third-order valence-corrected chi connectivity index (χ3v) is 4.21. The minimum atomic E-state index is -0.724. The molecule has 2 aromatic rings. The van der Waals surface area contributed by atoms with Gasteiger partial charge in [-0.25, -0.2) is 0 Å². The normalized spacial score (nSPS) is 11.0. The van der Waals surface area contributed by atoms with Crippen molar-refractivity contribution in [2.45, 2.75) is 26.2 Å². The fraction of sp³-hybridized carbons (Fsp3) is 0.400. The maximum atomic E-state index is 10.4. The predicted octanol–water partition coefficient (Wildman–Crippen LogP) is 3.62. The number of hydrogen-bond acceptors (Lipinski definition) is 2. The average molecular weight is 277 g/mol. The van der Waals surface area contributed by atoms with Crippen molar-refractivity contribution in [1.82, 2.24) is 4.98 Å². The highest BCUT2D eigenvalue weighted by Crippen LogP contribution is 2.19. The summed E-state index contributed by atoms with van der Waals surface area (Å²) in [6.45, 7) is 2.11. The molecule has 0 aliphatic carbocycles. The number of H-pyrrole nitrogens is 1. The van der Waals surface area contributed by atoms with E-state index in [1.54, 1.807) is 0 Å². The van der Waals surface area contributed by atoms with Gasteiger partial charge in [-0.1, -0.05) is 12.1 Å². The fourth-order valence-electron chi connectivity index (χ4n) is 2.17. The Kier molecular flexibility index (Phi) is 4.91. The molecule has 1 aromatic heterocycles. The lowest BCUT2D eigenvalue weighted by Crippen LogP contribution is -1.98. The summed E-state index contributed by atoms with van der Waals surface area (Å²) >= 11 is 1.50. The Balaban J connectivity index is 1.77. The van der Waals surface area contributed by atoms with Crippen molar-refractivity contribution in [2.75, 3.05) is 11.5 Å². The molecule has 2 rings (SSSR count). The lowest BCUT2D eigenvalue weighted by Gasteiger charge is -2.02. The first-order valence-corrected chi connectivity index (χ1v) is 7.68. The quantitative estimate of drug-likeness (QED) is 0.760. The molecular formula is C15H19NO2S. The largest absolute Gasteiger partial charge is 0.481 e. The van der Waals surface area contributed by atoms with Crippen molar-refractivity contribution >= 4 is 28.6 Å². The number of unbranched alkanes of at least 4 members (excludes halogenated alkanes) is 1. The molecule has 4 heteroatoms. The maximum absolute atomic E-state index is 10.4. The number of benzene rings is 1. The van der Waals surface area contributed by atoms with Gasteiger partial charge in [0, 0.05) is 17.1 Å². The summed E-state index contributed by atoms with van der Waals surface area (Å²) < 4.78 is 0. The van der Waals surface area contributed by atoms with Crippen molar-refractivity contribution < 1.29 is 9.90 Å². The van der Waals surface area contributed by atoms with Crippen LogP contribution in [0.25, 0.3) is 10.9 Å². The molecule has 0 aliphatic rings. The summed E-state index contributed by atoms with van der Waals surface area (Å²) in [6.07, 6.45) is 5.27. The van der Waals surface area contributed by atoms with Crippen molar-refractivity contribution in [2.24, 2.45) is 0 Å². The van der Waals surface area contributed by atoms with Crippen LogP contribution in [-0.2, 0) is 11.2 Å². The number of aliphatic carboxylic acids is 1. The molecule has 0 aliphatic heterocycles. The second-order valence-corrected chi connectivity index (χ2v) is 5.86. The number of thioether (sulfide) groups is 1. The molecule has 0 bridgehead atoms. The second kappa shape index (κ2) is 6.66. The van der Waals surface area contributed by atoms with Crippen molar-refractivity contribution in [3.63, 3.8) is 0 Å². The Labute approximate surface area is 117 Å². The highest BCUT2D eigenvalue weighted by atomic mass is 32.2. The second-order valence-electron chi connectivity index (χ2n) is 4.76. The van der Waals surface area contributed by atoms with Gasteiger partial charge in [-0.15, -0.1) is 0 Å². The van der Waals surface area contributed by atoms with Crippen LogP contribution in [0.4, 0.5) is 0 Å². The summed E-state index contributed by atoms with van der Waals surface area (Å²) in [5.41, 5.74) is 3.83. The van der Waals surface area contributed by atoms with Gasteiger partial charge in [0.1, 0.15) is 0 Å². The highest BCUT2D eigenvalue weighted by Gasteiger charge is 2.01. The summed E-state index contributed by atoms with van der Waals surface area (Å²) in [6, 6.07) is 6.58. The molecule has 0 saturated carbocycles. The average Bonchev–Trinajstić information content (AvgIpc) is 2.75. The van der Waals surface area contributed by atoms with Crippen molar-refractivity contribution in [1.29, 1.82) is 0 Å². The van der Waals surface area contributed by atoms with Crippen LogP contribution >= 0.6 is 11.8 Å². The predicted molar refractivity (Wildman–Crippen MR) is 80.9 cm³/mol. The van der Waals surface area contributed by atoms with Crippen LogP contribution < -0.4 is 0 Å². The fourth-order valence-corrected chi connectivity index (χ4v) is 2.89. The van der Waals surface area contributed by atoms with E-state index in [9.17, 15) is 4.79 Å². The third kappa shape index (κ3) is 4.03. The van der Waals surface area contributed by atoms with E-state index in [0.717, 1.165) is 25.0 Å². The van der Waals surface area contributed by atoms with Gasteiger partial charge in [-0.05, 0) is 49.1 Å². The van der Waals surface area contributed by atoms with Crippen LogP contribution in [0.2, 0.25) is 0 Å². The van der Waals surface area contributed by atoms with Crippen LogP contribution in [0.5, 0.6) is 0 Å². The van der Waals surface area contributed by atoms with Gasteiger partial charge < -0.3 is 10.1 Å². The first kappa shape index (κ1) is 14.0. The Bertz CT molecular complexity index is 562. The minimum Gasteiger partial charge on any atom is -0.481 e. The van der Waals surface area contributed by atoms with Crippen molar-refractivity contribution in [3.8, 4) is 0 Å². The van der Waals surface area contributed by atoms with E-state index in [1.165, 1.54) is 33.8 Å². The van der Waals surface area contributed by atoms with Crippen LogP contribution in [0.15, 0.2) is 24.4 Å². The number of rotatable bonds is 7. The zero-order valence-corrected chi connectivity index (χ0v) is 11.9. The molecule has 2 N–H and O–H groups in total. The summed E-state index contributed by atoms with van der Waals surface area (Å²) in [5.74, 6) is 0.418. The molecule has 19 heavy (non-hydrogen) atoms. The molecular weight excluding hydrogens is 258 g/mol. The van der Waals surface area contributed by atoms with Crippen LogP contribution in [-0.4, -0.2) is 27.6 Å². The van der Waals surface area contributed by atoms with E-state index in [4.69, 9.17) is 5.11 Å². The van der Waals surface area contributed by atoms with Gasteiger partial charge in [-0.2, -0.15) is 11.8 Å². The van der Waals surface area contributed by atoms with E-state index in [0.29, 0.717) is 0 Å².